The largest absolute Gasteiger partial charge is 0 e. The van der Waals surface area contributed by atoms with E-state index in [9.17, 15) is 0 Å². The molecule has 0 rings (SSSR count). The van der Waals surface area contributed by atoms with Gasteiger partial charge in [0.2, 0.25) is 0 Å². The van der Waals surface area contributed by atoms with E-state index in [4.69, 9.17) is 14.2 Å². The summed E-state index contributed by atoms with van der Waals surface area (Å²) >= 11 is 0. The molecule has 0 saturated heterocycles. The molecule has 0 saturated carbocycles. The summed E-state index contributed by atoms with van der Waals surface area (Å²) in [6, 6.07) is 0. The summed E-state index contributed by atoms with van der Waals surface area (Å²) in [4.78, 5) is 16.2. The standard InChI is InChI=1S/C2H6.CO2.CO.2CH4.H2O.H2/c1-2;2-1-3;1-2;;;;/h1-2H3;;;2*1H4;1H2;1H. The third-order valence-corrected chi connectivity index (χ3v) is 0. The van der Waals surface area contributed by atoms with Gasteiger partial charge in [-0.2, -0.15) is 9.59 Å². The van der Waals surface area contributed by atoms with Crippen LogP contribution in [0.2, 0.25) is 0 Å². The van der Waals surface area contributed by atoms with Crippen molar-refractivity contribution in [2.75, 3.05) is 0 Å². The van der Waals surface area contributed by atoms with Gasteiger partial charge in [-0.25, -0.2) is 0 Å². The van der Waals surface area contributed by atoms with Crippen LogP contribution in [0.4, 0.5) is 0 Å². The van der Waals surface area contributed by atoms with Crippen molar-refractivity contribution in [2.24, 2.45) is 0 Å². The van der Waals surface area contributed by atoms with Crippen molar-refractivity contribution in [3.8, 4) is 0 Å². The van der Waals surface area contributed by atoms with Crippen LogP contribution in [0.1, 0.15) is 30.1 Å². The van der Waals surface area contributed by atoms with E-state index in [1.165, 1.54) is 0 Å². The summed E-state index contributed by atoms with van der Waals surface area (Å²) in [6.07, 6.45) is 0.250. The summed E-state index contributed by atoms with van der Waals surface area (Å²) < 4.78 is 7.50. The van der Waals surface area contributed by atoms with Crippen LogP contribution in [-0.2, 0) is 14.2 Å². The quantitative estimate of drug-likeness (QED) is 0.386. The Bertz CT molecular complexity index is 56.8. The predicted molar refractivity (Wildman–Crippen MR) is 39.5 cm³/mol. The Morgan fingerprint density at radius 2 is 1.20 bits per heavy atom. The van der Waals surface area contributed by atoms with Crippen molar-refractivity contribution in [3.05, 3.63) is 6.65 Å². The molecule has 0 aliphatic carbocycles. The summed E-state index contributed by atoms with van der Waals surface area (Å²) in [6.45, 7) is 8.50. The third-order valence-electron chi connectivity index (χ3n) is 0. The van der Waals surface area contributed by atoms with Gasteiger partial charge in [0.15, 0.2) is 0 Å². The summed E-state index contributed by atoms with van der Waals surface area (Å²) in [5.74, 6) is 0. The van der Waals surface area contributed by atoms with Crippen LogP contribution in [-0.4, -0.2) is 11.6 Å². The van der Waals surface area contributed by atoms with Crippen LogP contribution in [0.3, 0.4) is 0 Å². The molecule has 10 heavy (non-hydrogen) atoms. The van der Waals surface area contributed by atoms with Crippen LogP contribution >= 0.6 is 0 Å². The molecule has 0 radical (unpaired) electrons. The van der Waals surface area contributed by atoms with Crippen LogP contribution < -0.4 is 0 Å². The maximum absolute atomic E-state index is 8.12. The van der Waals surface area contributed by atoms with Crippen molar-refractivity contribution in [3.63, 3.8) is 0 Å². The van der Waals surface area contributed by atoms with Gasteiger partial charge in [-0.3, -0.25) is 0 Å². The van der Waals surface area contributed by atoms with E-state index in [1.807, 2.05) is 13.8 Å². The molecule has 0 amide bonds. The Morgan fingerprint density at radius 1 is 1.20 bits per heavy atom. The number of hydrogen-bond acceptors (Lipinski definition) is 2. The molecule has 0 heterocycles. The predicted octanol–water partition coefficient (Wildman–Crippen LogP) is 1.10. The van der Waals surface area contributed by atoms with Crippen molar-refractivity contribution in [2.45, 2.75) is 28.7 Å². The summed E-state index contributed by atoms with van der Waals surface area (Å²) in [5.41, 5.74) is 0. The van der Waals surface area contributed by atoms with Crippen molar-refractivity contribution < 1.29 is 21.1 Å². The molecule has 4 heteroatoms. The zero-order valence-corrected chi connectivity index (χ0v) is 4.72. The second-order valence-electron chi connectivity index (χ2n) is 0.0833. The molecule has 66 valence electrons. The Balaban J connectivity index is -0.00000000378. The molecule has 0 bridgehead atoms. The van der Waals surface area contributed by atoms with Crippen LogP contribution in [0, 0.1) is 6.65 Å². The Labute approximate surface area is 63.8 Å². The first-order valence-electron chi connectivity index (χ1n) is 1.61. The van der Waals surface area contributed by atoms with E-state index in [2.05, 4.69) is 6.65 Å². The Kier molecular flexibility index (Phi) is 395000. The second-order valence-corrected chi connectivity index (χ2v) is 0.0833. The second kappa shape index (κ2) is 63300. The van der Waals surface area contributed by atoms with Gasteiger partial charge in [0.1, 0.15) is 0 Å². The first-order valence-corrected chi connectivity index (χ1v) is 1.61. The summed E-state index contributed by atoms with van der Waals surface area (Å²) in [5, 5.41) is 0. The Hall–Kier alpha value is -0.920. The first kappa shape index (κ1) is 62.5. The van der Waals surface area contributed by atoms with Crippen LogP contribution in [0.5, 0.6) is 0 Å². The van der Waals surface area contributed by atoms with Gasteiger partial charge in [0, 0.05) is 1.43 Å². The maximum atomic E-state index is 8.12. The molecule has 0 unspecified atom stereocenters. The van der Waals surface area contributed by atoms with Gasteiger partial charge in [-0.1, -0.05) is 28.7 Å². The first-order chi connectivity index (χ1) is 3.41. The van der Waals surface area contributed by atoms with Gasteiger partial charge >= 0.3 is 17.5 Å². The van der Waals surface area contributed by atoms with Crippen molar-refractivity contribution in [1.82, 2.24) is 0 Å². The average molecular weight is 154 g/mol. The van der Waals surface area contributed by atoms with Gasteiger partial charge in [0.25, 0.3) is 0 Å². The van der Waals surface area contributed by atoms with E-state index in [0.29, 0.717) is 0 Å². The minimum absolute atomic E-state index is 0. The molecule has 0 aromatic carbocycles. The van der Waals surface area contributed by atoms with E-state index < -0.39 is 0 Å². The van der Waals surface area contributed by atoms with Gasteiger partial charge < -0.3 is 5.48 Å². The van der Waals surface area contributed by atoms with Crippen LogP contribution in [0.15, 0.2) is 0 Å². The minimum Gasteiger partial charge on any atom is 0 e. The van der Waals surface area contributed by atoms with Gasteiger partial charge in [-0.05, 0) is 0 Å². The molecule has 0 spiro atoms. The van der Waals surface area contributed by atoms with E-state index in [0.717, 1.165) is 0 Å². The molecule has 0 fully saturated rings. The van der Waals surface area contributed by atoms with Crippen molar-refractivity contribution in [1.29, 1.82) is 0 Å². The average Bonchev–Trinajstić information content (AvgIpc) is 1.78. The normalized spacial score (nSPS) is 1.60. The molecule has 0 aromatic rings. The van der Waals surface area contributed by atoms with E-state index >= 15 is 0 Å². The topological polar surface area (TPSA) is 85.5 Å². The number of carbonyl (C=O) groups excluding carboxylic acids is 2. The zero-order valence-electron chi connectivity index (χ0n) is 4.72. The molecule has 0 atom stereocenters. The monoisotopic (exact) mass is 154 g/mol. The fourth-order valence-corrected chi connectivity index (χ4v) is 0. The van der Waals surface area contributed by atoms with Crippen molar-refractivity contribution >= 4 is 6.15 Å². The molecule has 0 aliphatic heterocycles. The number of hydrogen-bond donors (Lipinski definition) is 0. The van der Waals surface area contributed by atoms with E-state index in [-0.39, 0.29) is 27.9 Å². The molecule has 0 aromatic heterocycles. The van der Waals surface area contributed by atoms with Gasteiger partial charge in [-0.15, -0.1) is 0 Å². The molecule has 0 aliphatic rings. The molecular formula is C6H18O4. The van der Waals surface area contributed by atoms with Crippen LogP contribution in [0.25, 0.3) is 0 Å². The smallest absolute Gasteiger partial charge is 0 e. The fraction of sp³-hybridized carbons (Fsp3) is 0.667. The zero-order chi connectivity index (χ0) is 6.71. The Morgan fingerprint density at radius 3 is 1.20 bits per heavy atom. The third kappa shape index (κ3) is 309. The molecule has 4 nitrogen and oxygen atoms in total. The van der Waals surface area contributed by atoms with E-state index in [1.54, 1.807) is 0 Å². The minimum atomic E-state index is 0. The number of rotatable bonds is 0. The SMILES string of the molecule is C.C.CC.O.O=C=O.[C-]#[O+].[HH]. The summed E-state index contributed by atoms with van der Waals surface area (Å²) in [7, 11) is 0. The molecular weight excluding hydrogens is 136 g/mol. The maximum Gasteiger partial charge on any atom is 0 e. The fourth-order valence-electron chi connectivity index (χ4n) is 0. The van der Waals surface area contributed by atoms with Gasteiger partial charge in [0.05, 0.1) is 0 Å². The molecule has 2 N–H and O–H groups in total.